The van der Waals surface area contributed by atoms with Crippen LogP contribution < -0.4 is 21.0 Å². The molecular weight excluding hydrogens is 607 g/mol. The molecule has 0 saturated carbocycles. The van der Waals surface area contributed by atoms with E-state index in [1.807, 2.05) is 39.6 Å². The summed E-state index contributed by atoms with van der Waals surface area (Å²) in [5.74, 6) is -0.779. The number of carbonyl (C=O) groups is 1. The normalized spacial score (nSPS) is 13.7. The van der Waals surface area contributed by atoms with Crippen LogP contribution in [0.1, 0.15) is 56.5 Å². The largest absolute Gasteiger partial charge is 0.366 e. The summed E-state index contributed by atoms with van der Waals surface area (Å²) in [7, 11) is 1.81. The Kier molecular flexibility index (Phi) is 9.79. The summed E-state index contributed by atoms with van der Waals surface area (Å²) < 4.78 is 16.6. The van der Waals surface area contributed by atoms with Crippen LogP contribution >= 0.6 is 11.6 Å². The van der Waals surface area contributed by atoms with Gasteiger partial charge < -0.3 is 15.1 Å². The van der Waals surface area contributed by atoms with E-state index in [1.165, 1.54) is 17.0 Å². The Morgan fingerprint density at radius 1 is 1.09 bits per heavy atom. The lowest BCUT2D eigenvalue weighted by Gasteiger charge is -2.36. The standard InChI is InChI=1S/C34H36ClFN8O2/c1-20(2)28-32(29(21(3)4)40-19-39-28)44-33-23(17-25(35)30(41-33)22-9-6-7-10-26(22)36)31(24(18-37)34(44)46)43-15-13-42(14-16-43)27(45)11-8-12-38-5/h6-11,17,19-21,38H,12-16H2,1-5H3/p+1/b11-8+. The number of likely N-dealkylation sites (N-methyl/N-ethyl adjacent to an activating group) is 1. The van der Waals surface area contributed by atoms with E-state index in [0.29, 0.717) is 60.9 Å². The molecule has 1 fully saturated rings. The average Bonchev–Trinajstić information content (AvgIpc) is 3.04. The molecule has 238 valence electrons. The summed E-state index contributed by atoms with van der Waals surface area (Å²) in [6.45, 7) is 10.1. The molecule has 1 aliphatic rings. The molecule has 0 atom stereocenters. The van der Waals surface area contributed by atoms with Crippen LogP contribution in [0, 0.1) is 11.9 Å². The maximum absolute atomic E-state index is 15.1. The van der Waals surface area contributed by atoms with Gasteiger partial charge in [0.25, 0.3) is 5.56 Å². The quantitative estimate of drug-likeness (QED) is 0.282. The molecule has 0 unspecified atom stereocenters. The zero-order chi connectivity index (χ0) is 33.1. The van der Waals surface area contributed by atoms with Crippen molar-refractivity contribution in [1.29, 1.82) is 0 Å². The lowest BCUT2D eigenvalue weighted by atomic mass is 10.00. The smallest absolute Gasteiger partial charge is 0.316 e. The molecule has 4 heterocycles. The van der Waals surface area contributed by atoms with Gasteiger partial charge in [-0.05, 0) is 37.1 Å². The summed E-state index contributed by atoms with van der Waals surface area (Å²) in [6, 6.07) is 10.3. The lowest BCUT2D eigenvalue weighted by molar-refractivity contribution is -0.126. The van der Waals surface area contributed by atoms with Crippen LogP contribution in [0.4, 0.5) is 10.1 Å². The van der Waals surface area contributed by atoms with Crippen molar-refractivity contribution in [2.75, 3.05) is 44.7 Å². The maximum atomic E-state index is 15.1. The zero-order valence-electron chi connectivity index (χ0n) is 26.6. The number of halogens is 2. The van der Waals surface area contributed by atoms with E-state index >= 15 is 4.39 Å². The van der Waals surface area contributed by atoms with E-state index in [4.69, 9.17) is 21.8 Å². The van der Waals surface area contributed by atoms with Crippen molar-refractivity contribution in [3.05, 3.63) is 87.0 Å². The topological polar surface area (TPSA) is 120 Å². The van der Waals surface area contributed by atoms with Gasteiger partial charge in [0.05, 0.1) is 33.5 Å². The molecule has 10 nitrogen and oxygen atoms in total. The fourth-order valence-corrected chi connectivity index (χ4v) is 6.03. The van der Waals surface area contributed by atoms with Gasteiger partial charge in [0.2, 0.25) is 5.91 Å². The highest BCUT2D eigenvalue weighted by molar-refractivity contribution is 6.34. The van der Waals surface area contributed by atoms with Crippen LogP contribution in [0.15, 0.2) is 53.6 Å². The van der Waals surface area contributed by atoms with E-state index in [9.17, 15) is 9.59 Å². The number of hydrogen-bond acceptors (Lipinski definition) is 7. The molecule has 1 amide bonds. The van der Waals surface area contributed by atoms with Gasteiger partial charge in [0.15, 0.2) is 5.56 Å². The number of aromatic nitrogens is 4. The minimum atomic E-state index is -0.529. The molecule has 3 aromatic heterocycles. The first-order valence-electron chi connectivity index (χ1n) is 15.3. The van der Waals surface area contributed by atoms with Gasteiger partial charge in [0.1, 0.15) is 17.8 Å². The number of nitrogens with one attached hydrogen (secondary N) is 2. The number of anilines is 1. The van der Waals surface area contributed by atoms with Crippen LogP contribution in [0.2, 0.25) is 5.02 Å². The number of fused-ring (bicyclic) bond motifs is 1. The highest BCUT2D eigenvalue weighted by Gasteiger charge is 2.31. The van der Waals surface area contributed by atoms with Crippen molar-refractivity contribution in [2.45, 2.75) is 39.5 Å². The Balaban J connectivity index is 1.80. The summed E-state index contributed by atoms with van der Waals surface area (Å²) in [5.41, 5.74) is 2.26. The second kappa shape index (κ2) is 13.8. The minimum absolute atomic E-state index is 0.0194. The van der Waals surface area contributed by atoms with Gasteiger partial charge >= 0.3 is 6.07 Å². The van der Waals surface area contributed by atoms with E-state index in [1.54, 1.807) is 41.3 Å². The number of nitrogens with zero attached hydrogens (tertiary/aromatic N) is 6. The molecule has 1 saturated heterocycles. The third-order valence-electron chi connectivity index (χ3n) is 8.02. The third-order valence-corrected chi connectivity index (χ3v) is 8.30. The van der Waals surface area contributed by atoms with Crippen molar-refractivity contribution in [2.24, 2.45) is 0 Å². The van der Waals surface area contributed by atoms with Crippen molar-refractivity contribution in [3.8, 4) is 23.0 Å². The van der Waals surface area contributed by atoms with Crippen LogP contribution in [0.3, 0.4) is 0 Å². The SMILES string of the molecule is CNC/C=C/C(=O)N1CCN(c2c(C#[NH+])c(=O)n(-c3c(C(C)C)ncnc3C(C)C)c3nc(-c4ccccc4F)c(Cl)cc23)CC1. The number of benzene rings is 1. The van der Waals surface area contributed by atoms with Gasteiger partial charge in [0, 0.05) is 49.7 Å². The van der Waals surface area contributed by atoms with Crippen LogP contribution in [-0.2, 0) is 4.79 Å². The average molecular weight is 644 g/mol. The first-order chi connectivity index (χ1) is 22.1. The Morgan fingerprint density at radius 2 is 1.74 bits per heavy atom. The number of amides is 1. The molecule has 0 spiro atoms. The first-order valence-corrected chi connectivity index (χ1v) is 15.6. The molecule has 46 heavy (non-hydrogen) atoms. The van der Waals surface area contributed by atoms with Gasteiger partial charge in [-0.1, -0.05) is 62.8 Å². The first kappa shape index (κ1) is 32.7. The molecule has 5 rings (SSSR count). The lowest BCUT2D eigenvalue weighted by Crippen LogP contribution is -2.49. The monoisotopic (exact) mass is 643 g/mol. The Hall–Kier alpha value is -4.66. The third kappa shape index (κ3) is 6.10. The summed E-state index contributed by atoms with van der Waals surface area (Å²) in [4.78, 5) is 45.1. The Labute approximate surface area is 272 Å². The van der Waals surface area contributed by atoms with Gasteiger partial charge in [-0.15, -0.1) is 0 Å². The van der Waals surface area contributed by atoms with Gasteiger partial charge in [-0.3, -0.25) is 14.2 Å². The van der Waals surface area contributed by atoms with Crippen LogP contribution in [-0.4, -0.2) is 70.1 Å². The molecule has 1 aliphatic heterocycles. The highest BCUT2D eigenvalue weighted by Crippen LogP contribution is 2.38. The molecular formula is C34H37ClFN8O2+. The zero-order valence-corrected chi connectivity index (χ0v) is 27.3. The fraction of sp³-hybridized carbons (Fsp3) is 0.353. The van der Waals surface area contributed by atoms with Crippen molar-refractivity contribution >= 4 is 34.2 Å². The Morgan fingerprint density at radius 3 is 2.33 bits per heavy atom. The van der Waals surface area contributed by atoms with Crippen molar-refractivity contribution in [3.63, 3.8) is 0 Å². The predicted octanol–water partition coefficient (Wildman–Crippen LogP) is 3.43. The number of piperazine rings is 1. The van der Waals surface area contributed by atoms with Crippen LogP contribution in [0.5, 0.6) is 0 Å². The number of rotatable bonds is 8. The molecule has 1 aromatic carbocycles. The maximum Gasteiger partial charge on any atom is 0.316 e. The minimum Gasteiger partial charge on any atom is -0.366 e. The number of hydrogen-bond donors (Lipinski definition) is 2. The predicted molar refractivity (Wildman–Crippen MR) is 177 cm³/mol. The van der Waals surface area contributed by atoms with Crippen molar-refractivity contribution < 1.29 is 14.4 Å². The highest BCUT2D eigenvalue weighted by atomic mass is 35.5. The van der Waals surface area contributed by atoms with E-state index in [0.717, 1.165) is 0 Å². The summed E-state index contributed by atoms with van der Waals surface area (Å²) in [6.07, 6.45) is 4.81. The number of carbonyl (C=O) groups excluding carboxylic acids is 1. The Bertz CT molecular complexity index is 1900. The summed E-state index contributed by atoms with van der Waals surface area (Å²) in [5, 5.41) is 12.0. The fourth-order valence-electron chi connectivity index (χ4n) is 5.77. The van der Waals surface area contributed by atoms with Crippen molar-refractivity contribution in [1.82, 2.24) is 29.7 Å². The van der Waals surface area contributed by atoms with Crippen LogP contribution in [0.25, 0.3) is 28.0 Å². The van der Waals surface area contributed by atoms with Gasteiger partial charge in [-0.2, -0.15) is 0 Å². The van der Waals surface area contributed by atoms with E-state index in [2.05, 4.69) is 21.4 Å². The summed E-state index contributed by atoms with van der Waals surface area (Å²) >= 11 is 6.85. The molecule has 4 aromatic rings. The van der Waals surface area contributed by atoms with E-state index < -0.39 is 11.4 Å². The molecule has 0 bridgehead atoms. The molecule has 2 N–H and O–H groups in total. The van der Waals surface area contributed by atoms with Gasteiger partial charge in [-0.25, -0.2) is 19.3 Å². The molecule has 0 radical (unpaired) electrons. The van der Waals surface area contributed by atoms with E-state index in [-0.39, 0.29) is 45.2 Å². The molecule has 12 heteroatoms. The second-order valence-electron chi connectivity index (χ2n) is 11.7. The molecule has 0 aliphatic carbocycles. The number of pyridine rings is 2. The second-order valence-corrected chi connectivity index (χ2v) is 12.1.